The Kier molecular flexibility index (Phi) is 6.56. The molecule has 0 amide bonds. The van der Waals surface area contributed by atoms with Gasteiger partial charge in [-0.05, 0) is 18.3 Å². The van der Waals surface area contributed by atoms with Gasteiger partial charge in [0.25, 0.3) is 0 Å². The lowest BCUT2D eigenvalue weighted by molar-refractivity contribution is -0.137. The van der Waals surface area contributed by atoms with Crippen LogP contribution in [0.4, 0.5) is 0 Å². The van der Waals surface area contributed by atoms with Crippen molar-refractivity contribution in [3.63, 3.8) is 0 Å². The van der Waals surface area contributed by atoms with E-state index < -0.39 is 5.97 Å². The van der Waals surface area contributed by atoms with Crippen molar-refractivity contribution in [2.45, 2.75) is 70.8 Å². The molecule has 1 saturated carbocycles. The van der Waals surface area contributed by atoms with Gasteiger partial charge < -0.3 is 10.8 Å². The Morgan fingerprint density at radius 3 is 2.65 bits per heavy atom. The molecule has 17 heavy (non-hydrogen) atoms. The van der Waals surface area contributed by atoms with Gasteiger partial charge in [-0.25, -0.2) is 0 Å². The van der Waals surface area contributed by atoms with Gasteiger partial charge in [-0.15, -0.1) is 0 Å². The first-order valence-electron chi connectivity index (χ1n) is 7.05. The number of nitrogens with two attached hydrogens (primary N) is 1. The number of rotatable bonds is 8. The molecule has 0 spiro atoms. The largest absolute Gasteiger partial charge is 0.481 e. The van der Waals surface area contributed by atoms with Crippen molar-refractivity contribution in [2.75, 3.05) is 0 Å². The molecule has 3 nitrogen and oxygen atoms in total. The number of carboxylic acid groups (broad SMARTS) is 1. The van der Waals surface area contributed by atoms with Crippen LogP contribution >= 0.6 is 0 Å². The normalized spacial score (nSPS) is 20.4. The minimum atomic E-state index is -0.782. The summed E-state index contributed by atoms with van der Waals surface area (Å²) in [5.74, 6) is 0.747. The Hall–Kier alpha value is -0.570. The smallest absolute Gasteiger partial charge is 0.304 e. The van der Waals surface area contributed by atoms with Crippen LogP contribution in [0.15, 0.2) is 0 Å². The van der Waals surface area contributed by atoms with E-state index in [1.54, 1.807) is 0 Å². The zero-order valence-corrected chi connectivity index (χ0v) is 11.0. The van der Waals surface area contributed by atoms with Crippen LogP contribution in [0.25, 0.3) is 0 Å². The molecular formula is C14H27NO2. The maximum atomic E-state index is 10.5. The molecular weight excluding hydrogens is 214 g/mol. The Balaban J connectivity index is 2.03. The standard InChI is InChI=1S/C14H27NO2/c1-11(9-13(15)10-14(16)17)5-4-8-12-6-2-3-7-12/h11-13H,2-10,15H2,1H3,(H,16,17)/t11-,13-/m0/s1. The number of hydrogen-bond donors (Lipinski definition) is 2. The van der Waals surface area contributed by atoms with E-state index in [0.717, 1.165) is 12.3 Å². The highest BCUT2D eigenvalue weighted by Gasteiger charge is 2.16. The van der Waals surface area contributed by atoms with Gasteiger partial charge in [0.05, 0.1) is 6.42 Å². The molecule has 3 N–H and O–H groups in total. The van der Waals surface area contributed by atoms with Crippen molar-refractivity contribution in [2.24, 2.45) is 17.6 Å². The molecule has 1 fully saturated rings. The van der Waals surface area contributed by atoms with Gasteiger partial charge in [-0.1, -0.05) is 51.9 Å². The van der Waals surface area contributed by atoms with Crippen molar-refractivity contribution in [1.29, 1.82) is 0 Å². The van der Waals surface area contributed by atoms with E-state index in [1.807, 2.05) is 0 Å². The molecule has 1 aliphatic rings. The number of hydrogen-bond acceptors (Lipinski definition) is 2. The summed E-state index contributed by atoms with van der Waals surface area (Å²) in [5, 5.41) is 8.64. The highest BCUT2D eigenvalue weighted by Crippen LogP contribution is 2.29. The number of carbonyl (C=O) groups is 1. The Morgan fingerprint density at radius 1 is 1.41 bits per heavy atom. The number of aliphatic carboxylic acids is 1. The lowest BCUT2D eigenvalue weighted by Crippen LogP contribution is -2.26. The third kappa shape index (κ3) is 6.67. The lowest BCUT2D eigenvalue weighted by Gasteiger charge is -2.16. The maximum Gasteiger partial charge on any atom is 0.304 e. The number of carboxylic acids is 1. The molecule has 100 valence electrons. The van der Waals surface area contributed by atoms with Gasteiger partial charge in [0.1, 0.15) is 0 Å². The molecule has 0 aromatic heterocycles. The molecule has 0 radical (unpaired) electrons. The van der Waals surface area contributed by atoms with E-state index in [9.17, 15) is 4.79 Å². The Bertz CT molecular complexity index is 224. The van der Waals surface area contributed by atoms with Crippen LogP contribution in [0.5, 0.6) is 0 Å². The van der Waals surface area contributed by atoms with E-state index >= 15 is 0 Å². The first-order valence-corrected chi connectivity index (χ1v) is 7.05. The summed E-state index contributed by atoms with van der Waals surface area (Å²) >= 11 is 0. The summed E-state index contributed by atoms with van der Waals surface area (Å²) < 4.78 is 0. The van der Waals surface area contributed by atoms with E-state index in [-0.39, 0.29) is 12.5 Å². The van der Waals surface area contributed by atoms with Crippen molar-refractivity contribution < 1.29 is 9.90 Å². The minimum Gasteiger partial charge on any atom is -0.481 e. The minimum absolute atomic E-state index is 0.104. The molecule has 2 atom stereocenters. The van der Waals surface area contributed by atoms with Crippen molar-refractivity contribution >= 4 is 5.97 Å². The molecule has 0 bridgehead atoms. The second-order valence-electron chi connectivity index (χ2n) is 5.78. The summed E-state index contributed by atoms with van der Waals surface area (Å²) in [6.45, 7) is 2.19. The molecule has 0 heterocycles. The highest BCUT2D eigenvalue weighted by molar-refractivity contribution is 5.67. The predicted octanol–water partition coefficient (Wildman–Crippen LogP) is 3.18. The Morgan fingerprint density at radius 2 is 2.06 bits per heavy atom. The van der Waals surface area contributed by atoms with E-state index in [0.29, 0.717) is 5.92 Å². The quantitative estimate of drug-likeness (QED) is 0.686. The lowest BCUT2D eigenvalue weighted by atomic mass is 9.92. The summed E-state index contributed by atoms with van der Waals surface area (Å²) in [5.41, 5.74) is 5.79. The van der Waals surface area contributed by atoms with Crippen molar-refractivity contribution in [1.82, 2.24) is 0 Å². The molecule has 0 aromatic rings. The monoisotopic (exact) mass is 241 g/mol. The molecule has 0 aromatic carbocycles. The summed E-state index contributed by atoms with van der Waals surface area (Å²) in [4.78, 5) is 10.5. The van der Waals surface area contributed by atoms with Crippen LogP contribution in [0.1, 0.15) is 64.7 Å². The molecule has 3 heteroatoms. The topological polar surface area (TPSA) is 63.3 Å². The fraction of sp³-hybridized carbons (Fsp3) is 0.929. The molecule has 0 unspecified atom stereocenters. The van der Waals surface area contributed by atoms with E-state index in [1.165, 1.54) is 44.9 Å². The molecule has 0 aliphatic heterocycles. The Labute approximate surface area is 105 Å². The zero-order chi connectivity index (χ0) is 12.7. The average molecular weight is 241 g/mol. The van der Waals surface area contributed by atoms with Gasteiger partial charge in [0.2, 0.25) is 0 Å². The van der Waals surface area contributed by atoms with E-state index in [4.69, 9.17) is 10.8 Å². The van der Waals surface area contributed by atoms with Gasteiger partial charge in [-0.3, -0.25) is 4.79 Å². The first-order chi connectivity index (χ1) is 8.08. The van der Waals surface area contributed by atoms with Gasteiger partial charge in [0.15, 0.2) is 0 Å². The van der Waals surface area contributed by atoms with Crippen LogP contribution in [-0.2, 0) is 4.79 Å². The summed E-state index contributed by atoms with van der Waals surface area (Å²) in [7, 11) is 0. The van der Waals surface area contributed by atoms with Crippen LogP contribution in [0.2, 0.25) is 0 Å². The summed E-state index contributed by atoms with van der Waals surface area (Å²) in [6.07, 6.45) is 10.5. The SMILES string of the molecule is C[C@@H](CCCC1CCCC1)C[C@H](N)CC(=O)O. The van der Waals surface area contributed by atoms with Crippen LogP contribution in [0.3, 0.4) is 0 Å². The third-order valence-electron chi connectivity index (χ3n) is 3.93. The average Bonchev–Trinajstić information content (AvgIpc) is 2.68. The second-order valence-corrected chi connectivity index (χ2v) is 5.78. The van der Waals surface area contributed by atoms with Gasteiger partial charge in [0, 0.05) is 6.04 Å². The van der Waals surface area contributed by atoms with Gasteiger partial charge in [-0.2, -0.15) is 0 Å². The second kappa shape index (κ2) is 7.70. The fourth-order valence-corrected chi connectivity index (χ4v) is 3.00. The fourth-order valence-electron chi connectivity index (χ4n) is 3.00. The highest BCUT2D eigenvalue weighted by atomic mass is 16.4. The molecule has 0 saturated heterocycles. The van der Waals surface area contributed by atoms with Gasteiger partial charge >= 0.3 is 5.97 Å². The molecule has 1 rings (SSSR count). The third-order valence-corrected chi connectivity index (χ3v) is 3.93. The van der Waals surface area contributed by atoms with Crippen LogP contribution in [0, 0.1) is 11.8 Å². The predicted molar refractivity (Wildman–Crippen MR) is 69.8 cm³/mol. The molecule has 1 aliphatic carbocycles. The van der Waals surface area contributed by atoms with Crippen LogP contribution < -0.4 is 5.73 Å². The van der Waals surface area contributed by atoms with Crippen molar-refractivity contribution in [3.8, 4) is 0 Å². The van der Waals surface area contributed by atoms with Crippen LogP contribution in [-0.4, -0.2) is 17.1 Å². The summed E-state index contributed by atoms with van der Waals surface area (Å²) in [6, 6.07) is -0.172. The zero-order valence-electron chi connectivity index (χ0n) is 11.0. The first kappa shape index (κ1) is 14.5. The van der Waals surface area contributed by atoms with E-state index in [2.05, 4.69) is 6.92 Å². The van der Waals surface area contributed by atoms with Crippen molar-refractivity contribution in [3.05, 3.63) is 0 Å². The maximum absolute atomic E-state index is 10.5.